The van der Waals surface area contributed by atoms with Gasteiger partial charge in [-0.25, -0.2) is 22.0 Å². The predicted molar refractivity (Wildman–Crippen MR) is 82.8 cm³/mol. The van der Waals surface area contributed by atoms with Gasteiger partial charge in [0.2, 0.25) is 0 Å². The molecule has 2 heterocycles. The number of sulfone groups is 1. The van der Waals surface area contributed by atoms with Crippen LogP contribution in [0.1, 0.15) is 18.4 Å². The predicted octanol–water partition coefficient (Wildman–Crippen LogP) is 0.678. The molecule has 1 aromatic carbocycles. The van der Waals surface area contributed by atoms with Crippen LogP contribution >= 0.6 is 0 Å². The molecule has 0 saturated carbocycles. The Balaban J connectivity index is 1.93. The molecule has 138 valence electrons. The van der Waals surface area contributed by atoms with Gasteiger partial charge in [0.1, 0.15) is 17.7 Å². The van der Waals surface area contributed by atoms with Crippen LogP contribution in [-0.2, 0) is 20.2 Å². The first-order valence-corrected chi connectivity index (χ1v) is 9.49. The van der Waals surface area contributed by atoms with Gasteiger partial charge in [0.05, 0.1) is 41.5 Å². The molecule has 25 heavy (non-hydrogen) atoms. The van der Waals surface area contributed by atoms with Crippen molar-refractivity contribution in [2.75, 3.05) is 29.6 Å². The number of carbonyl (C=O) groups excluding carboxylic acids is 1. The Morgan fingerprint density at radius 2 is 1.80 bits per heavy atom. The second kappa shape index (κ2) is 6.19. The van der Waals surface area contributed by atoms with Crippen molar-refractivity contribution in [1.29, 1.82) is 0 Å². The summed E-state index contributed by atoms with van der Waals surface area (Å²) in [4.78, 5) is 12.7. The molecule has 7 nitrogen and oxygen atoms in total. The lowest BCUT2D eigenvalue weighted by Crippen LogP contribution is -2.38. The summed E-state index contributed by atoms with van der Waals surface area (Å²) in [6.07, 6.45) is -2.24. The average Bonchev–Trinajstić information content (AvgIpc) is 2.91. The molecule has 3 rings (SSSR count). The monoisotopic (exact) mass is 377 g/mol. The molecule has 2 saturated heterocycles. The van der Waals surface area contributed by atoms with Crippen LogP contribution in [0.2, 0.25) is 0 Å². The highest BCUT2D eigenvalue weighted by molar-refractivity contribution is 7.91. The summed E-state index contributed by atoms with van der Waals surface area (Å²) in [5, 5.41) is 19.6. The molecule has 2 fully saturated rings. The number of anilines is 1. The smallest absolute Gasteiger partial charge is 0.414 e. The van der Waals surface area contributed by atoms with Crippen molar-refractivity contribution >= 4 is 21.6 Å². The van der Waals surface area contributed by atoms with Crippen molar-refractivity contribution in [2.24, 2.45) is 0 Å². The zero-order chi connectivity index (χ0) is 18.4. The van der Waals surface area contributed by atoms with E-state index < -0.39 is 51.4 Å². The van der Waals surface area contributed by atoms with Gasteiger partial charge in [-0.3, -0.25) is 4.90 Å². The second-order valence-electron chi connectivity index (χ2n) is 6.27. The van der Waals surface area contributed by atoms with Gasteiger partial charge in [-0.2, -0.15) is 0 Å². The SMILES string of the molecule is O=C1O[C@@H](CO)CN1c1cc(F)c(C2(O)CCS(=O)(=O)CC2)c(F)c1. The number of aliphatic hydroxyl groups is 2. The topological polar surface area (TPSA) is 104 Å². The third-order valence-electron chi connectivity index (χ3n) is 4.53. The highest BCUT2D eigenvalue weighted by Gasteiger charge is 2.41. The highest BCUT2D eigenvalue weighted by Crippen LogP contribution is 2.38. The number of amides is 1. The first-order valence-electron chi connectivity index (χ1n) is 7.66. The minimum atomic E-state index is -3.32. The molecule has 0 aromatic heterocycles. The molecular weight excluding hydrogens is 360 g/mol. The van der Waals surface area contributed by atoms with Gasteiger partial charge >= 0.3 is 6.09 Å². The average molecular weight is 377 g/mol. The fourth-order valence-electron chi connectivity index (χ4n) is 3.11. The Morgan fingerprint density at radius 1 is 1.24 bits per heavy atom. The van der Waals surface area contributed by atoms with Crippen LogP contribution < -0.4 is 4.90 Å². The number of ether oxygens (including phenoxy) is 1. The molecule has 2 aliphatic rings. The maximum Gasteiger partial charge on any atom is 0.414 e. The summed E-state index contributed by atoms with van der Waals surface area (Å²) in [7, 11) is -3.32. The van der Waals surface area contributed by atoms with Crippen LogP contribution in [0.15, 0.2) is 12.1 Å². The lowest BCUT2D eigenvalue weighted by Gasteiger charge is -2.33. The third-order valence-corrected chi connectivity index (χ3v) is 6.19. The maximum atomic E-state index is 14.5. The van der Waals surface area contributed by atoms with E-state index >= 15 is 0 Å². The molecule has 1 atom stereocenters. The Morgan fingerprint density at radius 3 is 2.28 bits per heavy atom. The Hall–Kier alpha value is -1.78. The van der Waals surface area contributed by atoms with Gasteiger partial charge in [-0.05, 0) is 25.0 Å². The Labute approximate surface area is 142 Å². The van der Waals surface area contributed by atoms with E-state index in [9.17, 15) is 27.1 Å². The Kier molecular flexibility index (Phi) is 4.46. The van der Waals surface area contributed by atoms with Crippen molar-refractivity contribution in [1.82, 2.24) is 0 Å². The molecular formula is C15H17F2NO6S. The molecule has 2 N–H and O–H groups in total. The minimum absolute atomic E-state index is 0.0595. The highest BCUT2D eigenvalue weighted by atomic mass is 32.2. The molecule has 0 bridgehead atoms. The van der Waals surface area contributed by atoms with Crippen molar-refractivity contribution < 1.29 is 36.9 Å². The van der Waals surface area contributed by atoms with Crippen LogP contribution in [0.5, 0.6) is 0 Å². The second-order valence-corrected chi connectivity index (χ2v) is 8.57. The summed E-state index contributed by atoms with van der Waals surface area (Å²) in [5.41, 5.74) is -2.62. The summed E-state index contributed by atoms with van der Waals surface area (Å²) in [6, 6.07) is 1.78. The van der Waals surface area contributed by atoms with E-state index in [1.54, 1.807) is 0 Å². The minimum Gasteiger partial charge on any atom is -0.441 e. The molecule has 0 aliphatic carbocycles. The standard InChI is InChI=1S/C15H17F2NO6S/c16-11-5-9(18-7-10(8-19)24-14(18)20)6-12(17)13(11)15(21)1-3-25(22,23)4-2-15/h5-6,10,19,21H,1-4,7-8H2/t10-/m1/s1. The van der Waals surface area contributed by atoms with E-state index in [1.807, 2.05) is 0 Å². The van der Waals surface area contributed by atoms with Gasteiger partial charge in [-0.15, -0.1) is 0 Å². The number of hydrogen-bond acceptors (Lipinski definition) is 6. The number of nitrogens with zero attached hydrogens (tertiary/aromatic N) is 1. The Bertz CT molecular complexity index is 775. The molecule has 10 heteroatoms. The first-order chi connectivity index (χ1) is 11.6. The zero-order valence-electron chi connectivity index (χ0n) is 13.1. The van der Waals surface area contributed by atoms with E-state index in [1.165, 1.54) is 0 Å². The van der Waals surface area contributed by atoms with Crippen LogP contribution in [-0.4, -0.2) is 55.5 Å². The fourth-order valence-corrected chi connectivity index (χ4v) is 4.61. The van der Waals surface area contributed by atoms with Crippen LogP contribution in [0.25, 0.3) is 0 Å². The summed E-state index contributed by atoms with van der Waals surface area (Å²) in [5.74, 6) is -2.87. The van der Waals surface area contributed by atoms with Crippen molar-refractivity contribution in [3.63, 3.8) is 0 Å². The molecule has 1 amide bonds. The van der Waals surface area contributed by atoms with Gasteiger partial charge in [-0.1, -0.05) is 0 Å². The largest absolute Gasteiger partial charge is 0.441 e. The number of halogens is 2. The number of aliphatic hydroxyl groups excluding tert-OH is 1. The zero-order valence-corrected chi connectivity index (χ0v) is 13.9. The van der Waals surface area contributed by atoms with Gasteiger partial charge < -0.3 is 14.9 Å². The molecule has 0 unspecified atom stereocenters. The lowest BCUT2D eigenvalue weighted by atomic mass is 9.87. The normalized spacial score (nSPS) is 25.0. The lowest BCUT2D eigenvalue weighted by molar-refractivity contribution is 0.0192. The van der Waals surface area contributed by atoms with Crippen molar-refractivity contribution in [3.8, 4) is 0 Å². The maximum absolute atomic E-state index is 14.5. The summed E-state index contributed by atoms with van der Waals surface area (Å²) >= 11 is 0. The quantitative estimate of drug-likeness (QED) is 0.803. The number of carbonyl (C=O) groups is 1. The first kappa shape index (κ1) is 18.0. The number of cyclic esters (lactones) is 1. The number of hydrogen-bond donors (Lipinski definition) is 2. The van der Waals surface area contributed by atoms with Crippen LogP contribution in [0.3, 0.4) is 0 Å². The molecule has 1 aromatic rings. The van der Waals surface area contributed by atoms with Crippen LogP contribution in [0.4, 0.5) is 19.3 Å². The van der Waals surface area contributed by atoms with E-state index in [2.05, 4.69) is 0 Å². The van der Waals surface area contributed by atoms with Gasteiger partial charge in [0, 0.05) is 0 Å². The molecule has 0 radical (unpaired) electrons. The van der Waals surface area contributed by atoms with Crippen LogP contribution in [0, 0.1) is 11.6 Å². The number of benzene rings is 1. The summed E-state index contributed by atoms with van der Waals surface area (Å²) in [6.45, 7) is -0.477. The molecule has 0 spiro atoms. The van der Waals surface area contributed by atoms with Crippen molar-refractivity contribution in [3.05, 3.63) is 29.3 Å². The van der Waals surface area contributed by atoms with Gasteiger partial charge in [0.15, 0.2) is 9.84 Å². The molecule has 2 aliphatic heterocycles. The van der Waals surface area contributed by atoms with E-state index in [0.29, 0.717) is 0 Å². The van der Waals surface area contributed by atoms with Crippen molar-refractivity contribution in [2.45, 2.75) is 24.5 Å². The van der Waals surface area contributed by atoms with Gasteiger partial charge in [0.25, 0.3) is 0 Å². The fraction of sp³-hybridized carbons (Fsp3) is 0.533. The third kappa shape index (κ3) is 3.33. The van der Waals surface area contributed by atoms with E-state index in [-0.39, 0.29) is 36.6 Å². The van der Waals surface area contributed by atoms with E-state index in [0.717, 1.165) is 17.0 Å². The number of rotatable bonds is 3. The van der Waals surface area contributed by atoms with E-state index in [4.69, 9.17) is 9.84 Å². The summed E-state index contributed by atoms with van der Waals surface area (Å²) < 4.78 is 56.8.